The topological polar surface area (TPSA) is 104 Å². The Bertz CT molecular complexity index is 1250. The molecule has 0 unspecified atom stereocenters. The monoisotopic (exact) mass is 511 g/mol. The zero-order valence-electron chi connectivity index (χ0n) is 18.3. The summed E-state index contributed by atoms with van der Waals surface area (Å²) in [4.78, 5) is 11.4. The number of aliphatic hydroxyl groups excluding tert-OH is 1. The summed E-state index contributed by atoms with van der Waals surface area (Å²) in [5, 5.41) is 23.3. The standard InChI is InChI=1S/C25H26ClNO5S.Na.H/c1-16-12-22(10-11-23(16)25(29)30)33(31,32)21-8-6-18(7-9-21)13-17(2)27-15-24(28)19-4-3-5-20(26)14-19;;/h3-12,14,17,24,27-28H,13,15H2,1-2H3,(H,29,30);;/t17-,24-;;/m1../s1. The second-order valence-corrected chi connectivity index (χ2v) is 10.4. The van der Waals surface area contributed by atoms with Gasteiger partial charge in [0.2, 0.25) is 9.84 Å². The number of sulfone groups is 1. The van der Waals surface area contributed by atoms with Gasteiger partial charge in [0.1, 0.15) is 0 Å². The van der Waals surface area contributed by atoms with E-state index in [0.29, 0.717) is 23.6 Å². The van der Waals surface area contributed by atoms with Crippen LogP contribution in [0, 0.1) is 6.92 Å². The molecule has 3 N–H and O–H groups in total. The Kier molecular flexibility index (Phi) is 10.3. The van der Waals surface area contributed by atoms with Gasteiger partial charge in [0, 0.05) is 17.6 Å². The Labute approximate surface area is 227 Å². The fourth-order valence-corrected chi connectivity index (χ4v) is 5.10. The van der Waals surface area contributed by atoms with Crippen LogP contribution in [0.2, 0.25) is 5.02 Å². The van der Waals surface area contributed by atoms with Crippen molar-refractivity contribution in [1.29, 1.82) is 0 Å². The summed E-state index contributed by atoms with van der Waals surface area (Å²) in [6.45, 7) is 3.92. The maximum absolute atomic E-state index is 12.9. The van der Waals surface area contributed by atoms with Gasteiger partial charge in [0.15, 0.2) is 0 Å². The van der Waals surface area contributed by atoms with E-state index in [1.165, 1.54) is 18.2 Å². The van der Waals surface area contributed by atoms with Crippen molar-refractivity contribution in [1.82, 2.24) is 5.32 Å². The first-order chi connectivity index (χ1) is 15.6. The summed E-state index contributed by atoms with van der Waals surface area (Å²) in [5.41, 5.74) is 2.15. The van der Waals surface area contributed by atoms with Gasteiger partial charge in [0.25, 0.3) is 0 Å². The van der Waals surface area contributed by atoms with Crippen molar-refractivity contribution in [2.24, 2.45) is 0 Å². The molecule has 0 saturated carbocycles. The van der Waals surface area contributed by atoms with Gasteiger partial charge in [-0.25, -0.2) is 13.2 Å². The summed E-state index contributed by atoms with van der Waals surface area (Å²) in [6.07, 6.45) is -0.0377. The minimum absolute atomic E-state index is 0. The van der Waals surface area contributed by atoms with E-state index >= 15 is 0 Å². The summed E-state index contributed by atoms with van der Waals surface area (Å²) < 4.78 is 25.9. The van der Waals surface area contributed by atoms with Crippen LogP contribution in [0.1, 0.15) is 40.1 Å². The van der Waals surface area contributed by atoms with Gasteiger partial charge in [-0.1, -0.05) is 35.9 Å². The Balaban J connectivity index is 0.00000408. The number of halogens is 1. The van der Waals surface area contributed by atoms with Crippen molar-refractivity contribution >= 4 is 57.0 Å². The van der Waals surface area contributed by atoms with Crippen LogP contribution < -0.4 is 5.32 Å². The normalized spacial score (nSPS) is 13.1. The molecule has 3 aromatic rings. The molecule has 0 aliphatic rings. The molecule has 0 heterocycles. The third kappa shape index (κ3) is 7.15. The van der Waals surface area contributed by atoms with Gasteiger partial charge >= 0.3 is 35.5 Å². The summed E-state index contributed by atoms with van der Waals surface area (Å²) in [7, 11) is -3.76. The Morgan fingerprint density at radius 1 is 1.03 bits per heavy atom. The molecule has 0 aromatic heterocycles. The first-order valence-electron chi connectivity index (χ1n) is 10.4. The molecular formula is C25H27ClNNaO5S. The van der Waals surface area contributed by atoms with Crippen LogP contribution >= 0.6 is 11.6 Å². The molecule has 9 heteroatoms. The molecule has 0 aliphatic heterocycles. The fourth-order valence-electron chi connectivity index (χ4n) is 3.55. The van der Waals surface area contributed by atoms with Gasteiger partial charge in [-0.2, -0.15) is 0 Å². The average Bonchev–Trinajstić information content (AvgIpc) is 2.77. The number of hydrogen-bond donors (Lipinski definition) is 3. The predicted molar refractivity (Wildman–Crippen MR) is 135 cm³/mol. The molecule has 6 nitrogen and oxygen atoms in total. The van der Waals surface area contributed by atoms with Crippen molar-refractivity contribution in [3.63, 3.8) is 0 Å². The number of rotatable bonds is 9. The zero-order valence-corrected chi connectivity index (χ0v) is 19.9. The minimum atomic E-state index is -3.76. The third-order valence-corrected chi connectivity index (χ3v) is 7.41. The molecule has 0 aliphatic carbocycles. The van der Waals surface area contributed by atoms with Crippen LogP contribution in [-0.4, -0.2) is 66.7 Å². The molecule has 176 valence electrons. The van der Waals surface area contributed by atoms with Crippen LogP contribution in [0.25, 0.3) is 0 Å². The van der Waals surface area contributed by atoms with E-state index in [9.17, 15) is 18.3 Å². The van der Waals surface area contributed by atoms with Crippen molar-refractivity contribution in [2.45, 2.75) is 42.2 Å². The van der Waals surface area contributed by atoms with Crippen LogP contribution in [-0.2, 0) is 16.3 Å². The van der Waals surface area contributed by atoms with E-state index in [1.807, 2.05) is 13.0 Å². The Morgan fingerprint density at radius 2 is 1.68 bits per heavy atom. The van der Waals surface area contributed by atoms with Crippen molar-refractivity contribution in [3.8, 4) is 0 Å². The van der Waals surface area contributed by atoms with Crippen LogP contribution in [0.4, 0.5) is 0 Å². The fraction of sp³-hybridized carbons (Fsp3) is 0.240. The predicted octanol–water partition coefficient (Wildman–Crippen LogP) is 3.79. The molecule has 0 bridgehead atoms. The molecule has 0 radical (unpaired) electrons. The van der Waals surface area contributed by atoms with E-state index in [1.54, 1.807) is 49.4 Å². The number of aliphatic hydroxyl groups is 1. The molecular weight excluding hydrogens is 485 g/mol. The third-order valence-electron chi connectivity index (χ3n) is 5.41. The molecule has 0 fully saturated rings. The van der Waals surface area contributed by atoms with Gasteiger partial charge < -0.3 is 15.5 Å². The number of carbonyl (C=O) groups is 1. The average molecular weight is 512 g/mol. The summed E-state index contributed by atoms with van der Waals surface area (Å²) >= 11 is 5.97. The van der Waals surface area contributed by atoms with Gasteiger partial charge in [-0.15, -0.1) is 0 Å². The molecule has 3 rings (SSSR count). The molecule has 0 amide bonds. The van der Waals surface area contributed by atoms with Crippen molar-refractivity contribution < 1.29 is 23.4 Å². The molecule has 0 spiro atoms. The summed E-state index contributed by atoms with van der Waals surface area (Å²) in [6, 6.07) is 17.8. The van der Waals surface area contributed by atoms with Crippen LogP contribution in [0.5, 0.6) is 0 Å². The molecule has 2 atom stereocenters. The number of aryl methyl sites for hydroxylation is 1. The zero-order chi connectivity index (χ0) is 24.2. The van der Waals surface area contributed by atoms with E-state index in [2.05, 4.69) is 5.32 Å². The number of carboxylic acids is 1. The summed E-state index contributed by atoms with van der Waals surface area (Å²) in [5.74, 6) is -1.09. The Morgan fingerprint density at radius 3 is 2.26 bits per heavy atom. The number of carboxylic acid groups (broad SMARTS) is 1. The maximum atomic E-state index is 12.9. The first-order valence-corrected chi connectivity index (χ1v) is 12.3. The quantitative estimate of drug-likeness (QED) is 0.378. The molecule has 0 saturated heterocycles. The van der Waals surface area contributed by atoms with Crippen LogP contribution in [0.3, 0.4) is 0 Å². The molecule has 3 aromatic carbocycles. The molecule has 34 heavy (non-hydrogen) atoms. The van der Waals surface area contributed by atoms with E-state index in [0.717, 1.165) is 11.1 Å². The number of hydrogen-bond acceptors (Lipinski definition) is 5. The number of nitrogens with one attached hydrogen (secondary N) is 1. The SMILES string of the molecule is Cc1cc(S(=O)(=O)c2ccc(C[C@@H](C)NC[C@@H](O)c3cccc(Cl)c3)cc2)ccc1C(=O)O.[NaH]. The second kappa shape index (κ2) is 12.3. The van der Waals surface area contributed by atoms with Crippen molar-refractivity contribution in [2.75, 3.05) is 6.54 Å². The van der Waals surface area contributed by atoms with Gasteiger partial charge in [0.05, 0.1) is 21.5 Å². The van der Waals surface area contributed by atoms with Gasteiger partial charge in [-0.05, 0) is 79.4 Å². The van der Waals surface area contributed by atoms with E-state index in [4.69, 9.17) is 16.7 Å². The van der Waals surface area contributed by atoms with E-state index < -0.39 is 21.9 Å². The first kappa shape index (κ1) is 28.5. The van der Waals surface area contributed by atoms with E-state index in [-0.39, 0.29) is 51.0 Å². The van der Waals surface area contributed by atoms with Crippen LogP contribution in [0.15, 0.2) is 76.5 Å². The Hall–Kier alpha value is -1.71. The van der Waals surface area contributed by atoms with Crippen molar-refractivity contribution in [3.05, 3.63) is 94.0 Å². The number of benzene rings is 3. The number of aromatic carboxylic acids is 1. The second-order valence-electron chi connectivity index (χ2n) is 8.01. The van der Waals surface area contributed by atoms with Gasteiger partial charge in [-0.3, -0.25) is 0 Å².